The van der Waals surface area contributed by atoms with Crippen molar-refractivity contribution >= 4 is 11.8 Å². The Morgan fingerprint density at radius 2 is 2.00 bits per heavy atom. The van der Waals surface area contributed by atoms with Crippen molar-refractivity contribution in [1.82, 2.24) is 20.7 Å². The van der Waals surface area contributed by atoms with Gasteiger partial charge in [-0.15, -0.1) is 0 Å². The molecule has 2 heterocycles. The van der Waals surface area contributed by atoms with Gasteiger partial charge in [-0.1, -0.05) is 11.6 Å². The Morgan fingerprint density at radius 3 is 2.67 bits per heavy atom. The first-order chi connectivity index (χ1) is 11.5. The average Bonchev–Trinajstić information content (AvgIpc) is 2.89. The second-order valence-corrected chi connectivity index (χ2v) is 6.48. The van der Waals surface area contributed by atoms with Crippen LogP contribution in [-0.2, 0) is 16.1 Å². The number of amides is 2. The number of nitrogens with zero attached hydrogens (tertiary/aromatic N) is 2. The molecule has 1 saturated heterocycles. The van der Waals surface area contributed by atoms with Gasteiger partial charge in [-0.2, -0.15) is 0 Å². The quantitative estimate of drug-likeness (QED) is 0.604. The molecule has 134 valence electrons. The average molecular weight is 336 g/mol. The van der Waals surface area contributed by atoms with Crippen molar-refractivity contribution in [2.45, 2.75) is 59.0 Å². The van der Waals surface area contributed by atoms with Gasteiger partial charge >= 0.3 is 11.8 Å². The molecule has 1 atom stereocenters. The highest BCUT2D eigenvalue weighted by Crippen LogP contribution is 2.16. The predicted molar refractivity (Wildman–Crippen MR) is 90.3 cm³/mol. The lowest BCUT2D eigenvalue weighted by atomic mass is 10.0. The Kier molecular flexibility index (Phi) is 6.78. The number of hydrogen-bond donors (Lipinski definition) is 2. The fourth-order valence-electron chi connectivity index (χ4n) is 3.06. The van der Waals surface area contributed by atoms with E-state index in [1.807, 2.05) is 0 Å². The van der Waals surface area contributed by atoms with Crippen LogP contribution in [-0.4, -0.2) is 47.5 Å². The summed E-state index contributed by atoms with van der Waals surface area (Å²) in [6.45, 7) is 8.69. The minimum atomic E-state index is -0.624. The summed E-state index contributed by atoms with van der Waals surface area (Å²) in [4.78, 5) is 26.1. The Morgan fingerprint density at radius 1 is 1.25 bits per heavy atom. The van der Waals surface area contributed by atoms with E-state index < -0.39 is 11.8 Å². The van der Waals surface area contributed by atoms with Crippen LogP contribution in [0.4, 0.5) is 0 Å². The maximum absolute atomic E-state index is 11.8. The molecule has 2 rings (SSSR count). The molecule has 2 amide bonds. The zero-order valence-corrected chi connectivity index (χ0v) is 14.9. The molecule has 1 aliphatic heterocycles. The number of nitrogens with one attached hydrogen (secondary N) is 2. The van der Waals surface area contributed by atoms with Crippen molar-refractivity contribution < 1.29 is 14.1 Å². The molecule has 7 nitrogen and oxygen atoms in total. The highest BCUT2D eigenvalue weighted by molar-refractivity contribution is 6.35. The summed E-state index contributed by atoms with van der Waals surface area (Å²) >= 11 is 0. The molecule has 0 unspecified atom stereocenters. The molecule has 0 aliphatic carbocycles. The van der Waals surface area contributed by atoms with Crippen LogP contribution >= 0.6 is 0 Å². The summed E-state index contributed by atoms with van der Waals surface area (Å²) in [5.41, 5.74) is 1.54. The second kappa shape index (κ2) is 8.82. The van der Waals surface area contributed by atoms with Crippen molar-refractivity contribution in [1.29, 1.82) is 0 Å². The number of likely N-dealkylation sites (tertiary alicyclic amines) is 1. The molecule has 0 aromatic carbocycles. The number of rotatable bonds is 6. The number of carbonyl (C=O) groups is 2. The topological polar surface area (TPSA) is 87.5 Å². The van der Waals surface area contributed by atoms with Gasteiger partial charge in [0.25, 0.3) is 0 Å². The molecular formula is C17H28N4O3. The predicted octanol–water partition coefficient (Wildman–Crippen LogP) is 1.29. The Bertz CT molecular complexity index is 551. The summed E-state index contributed by atoms with van der Waals surface area (Å²) in [5, 5.41) is 9.10. The van der Waals surface area contributed by atoms with E-state index in [1.165, 1.54) is 19.3 Å². The molecule has 1 fully saturated rings. The van der Waals surface area contributed by atoms with Gasteiger partial charge in [0.1, 0.15) is 5.76 Å². The van der Waals surface area contributed by atoms with E-state index in [2.05, 4.69) is 27.6 Å². The number of aryl methyl sites for hydroxylation is 2. The summed E-state index contributed by atoms with van der Waals surface area (Å²) in [6, 6.07) is 0.618. The zero-order chi connectivity index (χ0) is 17.5. The van der Waals surface area contributed by atoms with E-state index in [0.29, 0.717) is 18.3 Å². The van der Waals surface area contributed by atoms with Crippen molar-refractivity contribution in [3.63, 3.8) is 0 Å². The molecule has 0 radical (unpaired) electrons. The lowest BCUT2D eigenvalue weighted by molar-refractivity contribution is -0.139. The molecule has 0 bridgehead atoms. The third-order valence-electron chi connectivity index (χ3n) is 4.66. The molecule has 0 spiro atoms. The van der Waals surface area contributed by atoms with Gasteiger partial charge in [0, 0.05) is 31.2 Å². The van der Waals surface area contributed by atoms with Gasteiger partial charge in [-0.05, 0) is 46.6 Å². The van der Waals surface area contributed by atoms with Crippen LogP contribution in [0.1, 0.15) is 49.6 Å². The standard InChI is InChI=1S/C17H28N4O3/c1-12-7-4-5-9-21(12)10-6-8-18-16(22)17(23)19-11-15-13(2)20-24-14(15)3/h12H,4-11H2,1-3H3,(H,18,22)(H,19,23)/t12-/m0/s1. The number of aromatic nitrogens is 1. The largest absolute Gasteiger partial charge is 0.361 e. The van der Waals surface area contributed by atoms with Gasteiger partial charge in [0.05, 0.1) is 5.69 Å². The van der Waals surface area contributed by atoms with E-state index in [-0.39, 0.29) is 6.54 Å². The van der Waals surface area contributed by atoms with Crippen LogP contribution in [0, 0.1) is 13.8 Å². The molecule has 1 aromatic rings. The van der Waals surface area contributed by atoms with Crippen molar-refractivity contribution in [2.75, 3.05) is 19.6 Å². The summed E-state index contributed by atoms with van der Waals surface area (Å²) < 4.78 is 5.03. The Balaban J connectivity index is 1.64. The van der Waals surface area contributed by atoms with Crippen LogP contribution in [0.3, 0.4) is 0 Å². The molecule has 1 aliphatic rings. The van der Waals surface area contributed by atoms with E-state index in [0.717, 1.165) is 30.8 Å². The van der Waals surface area contributed by atoms with Crippen molar-refractivity contribution in [3.8, 4) is 0 Å². The van der Waals surface area contributed by atoms with Crippen molar-refractivity contribution in [2.24, 2.45) is 0 Å². The number of piperidine rings is 1. The highest BCUT2D eigenvalue weighted by Gasteiger charge is 2.18. The minimum Gasteiger partial charge on any atom is -0.361 e. The first-order valence-corrected chi connectivity index (χ1v) is 8.71. The van der Waals surface area contributed by atoms with Crippen LogP contribution < -0.4 is 10.6 Å². The molecule has 1 aromatic heterocycles. The third kappa shape index (κ3) is 5.06. The zero-order valence-electron chi connectivity index (χ0n) is 14.9. The molecule has 2 N–H and O–H groups in total. The first-order valence-electron chi connectivity index (χ1n) is 8.71. The van der Waals surface area contributed by atoms with Gasteiger partial charge in [0.15, 0.2) is 0 Å². The lowest BCUT2D eigenvalue weighted by Gasteiger charge is -2.33. The molecule has 24 heavy (non-hydrogen) atoms. The number of hydrogen-bond acceptors (Lipinski definition) is 5. The van der Waals surface area contributed by atoms with Gasteiger partial charge in [-0.25, -0.2) is 0 Å². The van der Waals surface area contributed by atoms with Crippen LogP contribution in [0.25, 0.3) is 0 Å². The van der Waals surface area contributed by atoms with Crippen LogP contribution in [0.15, 0.2) is 4.52 Å². The van der Waals surface area contributed by atoms with Gasteiger partial charge < -0.3 is 20.1 Å². The summed E-state index contributed by atoms with van der Waals surface area (Å²) in [5.74, 6) is -0.557. The van der Waals surface area contributed by atoms with Gasteiger partial charge in [0.2, 0.25) is 0 Å². The highest BCUT2D eigenvalue weighted by atomic mass is 16.5. The minimum absolute atomic E-state index is 0.249. The molecule has 7 heteroatoms. The second-order valence-electron chi connectivity index (χ2n) is 6.48. The Hall–Kier alpha value is -1.89. The normalized spacial score (nSPS) is 18.4. The summed E-state index contributed by atoms with van der Waals surface area (Å²) in [7, 11) is 0. The number of carbonyl (C=O) groups excluding carboxylic acids is 2. The lowest BCUT2D eigenvalue weighted by Crippen LogP contribution is -2.42. The maximum Gasteiger partial charge on any atom is 0.309 e. The molecule has 0 saturated carbocycles. The van der Waals surface area contributed by atoms with Gasteiger partial charge in [-0.3, -0.25) is 9.59 Å². The SMILES string of the molecule is Cc1noc(C)c1CNC(=O)C(=O)NCCCN1CCCC[C@@H]1C. The van der Waals surface area contributed by atoms with Crippen molar-refractivity contribution in [3.05, 3.63) is 17.0 Å². The summed E-state index contributed by atoms with van der Waals surface area (Å²) in [6.07, 6.45) is 4.66. The van der Waals surface area contributed by atoms with Crippen LogP contribution in [0.2, 0.25) is 0 Å². The molecular weight excluding hydrogens is 308 g/mol. The third-order valence-corrected chi connectivity index (χ3v) is 4.66. The van der Waals surface area contributed by atoms with E-state index in [4.69, 9.17) is 4.52 Å². The van der Waals surface area contributed by atoms with E-state index in [9.17, 15) is 9.59 Å². The fourth-order valence-corrected chi connectivity index (χ4v) is 3.06. The smallest absolute Gasteiger partial charge is 0.309 e. The maximum atomic E-state index is 11.8. The Labute approximate surface area is 143 Å². The monoisotopic (exact) mass is 336 g/mol. The fraction of sp³-hybridized carbons (Fsp3) is 0.706. The first kappa shape index (κ1) is 18.4. The van der Waals surface area contributed by atoms with Crippen LogP contribution in [0.5, 0.6) is 0 Å². The van der Waals surface area contributed by atoms with E-state index >= 15 is 0 Å². The van der Waals surface area contributed by atoms with E-state index in [1.54, 1.807) is 13.8 Å².